The van der Waals surface area contributed by atoms with E-state index in [1.807, 2.05) is 0 Å². The van der Waals surface area contributed by atoms with Crippen molar-refractivity contribution in [2.24, 2.45) is 0 Å². The van der Waals surface area contributed by atoms with Crippen LogP contribution in [0.2, 0.25) is 0 Å². The van der Waals surface area contributed by atoms with Crippen LogP contribution in [0.25, 0.3) is 0 Å². The minimum atomic E-state index is -1.74. The average Bonchev–Trinajstić information content (AvgIpc) is 2.57. The summed E-state index contributed by atoms with van der Waals surface area (Å²) in [6.07, 6.45) is -1.74. The predicted octanol–water partition coefficient (Wildman–Crippen LogP) is 5.20. The Balaban J connectivity index is 2.27. The maximum absolute atomic E-state index is 14.1. The Labute approximate surface area is 156 Å². The van der Waals surface area contributed by atoms with Crippen molar-refractivity contribution in [1.82, 2.24) is 0 Å². The molecule has 2 unspecified atom stereocenters. The first-order valence-electron chi connectivity index (χ1n) is 7.07. The van der Waals surface area contributed by atoms with Gasteiger partial charge in [-0.15, -0.1) is 0 Å². The molecule has 4 nitrogen and oxygen atoms in total. The van der Waals surface area contributed by atoms with Crippen LogP contribution in [0.1, 0.15) is 18.4 Å². The molecule has 0 aliphatic rings. The Morgan fingerprint density at radius 1 is 1.17 bits per heavy atom. The Kier molecular flexibility index (Phi) is 6.23. The number of hydrogen-bond donors (Lipinski definition) is 1. The molecule has 0 radical (unpaired) electrons. The zero-order valence-electron chi connectivity index (χ0n) is 13.1. The van der Waals surface area contributed by atoms with Crippen LogP contribution < -0.4 is 10.5 Å². The number of nitrogen functional groups attached to an aromatic ring is 1. The number of ether oxygens (including phenoxy) is 2. The van der Waals surface area contributed by atoms with Gasteiger partial charge in [0.15, 0.2) is 5.75 Å². The van der Waals surface area contributed by atoms with E-state index in [1.165, 1.54) is 0 Å². The Morgan fingerprint density at radius 3 is 2.21 bits per heavy atom. The fourth-order valence-corrected chi connectivity index (χ4v) is 3.46. The van der Waals surface area contributed by atoms with Gasteiger partial charge in [-0.05, 0) is 73.8 Å². The lowest BCUT2D eigenvalue weighted by molar-refractivity contribution is -0.147. The molecule has 0 aliphatic carbocycles. The summed E-state index contributed by atoms with van der Waals surface area (Å²) in [7, 11) is 1.16. The van der Waals surface area contributed by atoms with Crippen molar-refractivity contribution in [3.05, 3.63) is 50.9 Å². The van der Waals surface area contributed by atoms with Crippen molar-refractivity contribution < 1.29 is 18.7 Å². The molecule has 0 saturated carbocycles. The number of methoxy groups -OCH3 is 1. The molecule has 128 valence electrons. The van der Waals surface area contributed by atoms with Crippen LogP contribution in [0.15, 0.2) is 45.3 Å². The second kappa shape index (κ2) is 7.98. The SMILES string of the molecule is COC(=O)C(F)C(C)c1cc(Br)c(Oc2ccc(N)cc2)c(Br)c1. The van der Waals surface area contributed by atoms with E-state index in [4.69, 9.17) is 10.5 Å². The highest BCUT2D eigenvalue weighted by Crippen LogP contribution is 2.40. The molecule has 0 aliphatic heterocycles. The van der Waals surface area contributed by atoms with E-state index in [1.54, 1.807) is 43.3 Å². The molecule has 7 heteroatoms. The van der Waals surface area contributed by atoms with E-state index in [0.29, 0.717) is 31.7 Å². The van der Waals surface area contributed by atoms with Gasteiger partial charge in [0.1, 0.15) is 5.75 Å². The monoisotopic (exact) mass is 459 g/mol. The summed E-state index contributed by atoms with van der Waals surface area (Å²) in [6.45, 7) is 1.62. The molecule has 24 heavy (non-hydrogen) atoms. The molecule has 2 aromatic rings. The molecule has 2 rings (SSSR count). The van der Waals surface area contributed by atoms with Gasteiger partial charge in [0.25, 0.3) is 0 Å². The lowest BCUT2D eigenvalue weighted by Crippen LogP contribution is -2.23. The maximum atomic E-state index is 14.1. The third-order valence-electron chi connectivity index (χ3n) is 3.51. The van der Waals surface area contributed by atoms with Crippen molar-refractivity contribution >= 4 is 43.5 Å². The van der Waals surface area contributed by atoms with Crippen LogP contribution >= 0.6 is 31.9 Å². The molecule has 0 fully saturated rings. The molecular formula is C17H16Br2FNO3. The molecular weight excluding hydrogens is 445 g/mol. The first kappa shape index (κ1) is 18.7. The van der Waals surface area contributed by atoms with Gasteiger partial charge in [-0.25, -0.2) is 9.18 Å². The maximum Gasteiger partial charge on any atom is 0.341 e. The molecule has 0 heterocycles. The summed E-state index contributed by atoms with van der Waals surface area (Å²) in [5.74, 6) is -0.388. The van der Waals surface area contributed by atoms with Gasteiger partial charge in [0.05, 0.1) is 16.1 Å². The third kappa shape index (κ3) is 4.27. The lowest BCUT2D eigenvalue weighted by atomic mass is 9.96. The molecule has 0 aromatic heterocycles. The van der Waals surface area contributed by atoms with E-state index in [-0.39, 0.29) is 0 Å². The Hall–Kier alpha value is -1.60. The fourth-order valence-electron chi connectivity index (χ4n) is 2.08. The van der Waals surface area contributed by atoms with Crippen LogP contribution in [0.3, 0.4) is 0 Å². The lowest BCUT2D eigenvalue weighted by Gasteiger charge is -2.18. The van der Waals surface area contributed by atoms with Gasteiger partial charge in [-0.3, -0.25) is 0 Å². The standard InChI is InChI=1S/C17H16Br2FNO3/c1-9(15(20)17(22)23-2)10-7-13(18)16(14(19)8-10)24-12-5-3-11(21)4-6-12/h3-9,15H,21H2,1-2H3. The van der Waals surface area contributed by atoms with Gasteiger partial charge in [-0.1, -0.05) is 6.92 Å². The first-order valence-corrected chi connectivity index (χ1v) is 8.66. The number of hydrogen-bond acceptors (Lipinski definition) is 4. The smallest absolute Gasteiger partial charge is 0.341 e. The van der Waals surface area contributed by atoms with Crippen LogP contribution in [-0.2, 0) is 9.53 Å². The molecule has 0 bridgehead atoms. The zero-order chi connectivity index (χ0) is 17.9. The van der Waals surface area contributed by atoms with E-state index >= 15 is 0 Å². The number of nitrogens with two attached hydrogens (primary N) is 1. The molecule has 2 aromatic carbocycles. The van der Waals surface area contributed by atoms with Crippen molar-refractivity contribution in [1.29, 1.82) is 0 Å². The normalized spacial score (nSPS) is 13.2. The number of carbonyl (C=O) groups is 1. The summed E-state index contributed by atoms with van der Waals surface area (Å²) < 4.78 is 25.6. The highest BCUT2D eigenvalue weighted by molar-refractivity contribution is 9.11. The van der Waals surface area contributed by atoms with Crippen molar-refractivity contribution in [3.8, 4) is 11.5 Å². The molecule has 0 amide bonds. The minimum Gasteiger partial charge on any atom is -0.467 e. The third-order valence-corrected chi connectivity index (χ3v) is 4.69. The zero-order valence-corrected chi connectivity index (χ0v) is 16.2. The van der Waals surface area contributed by atoms with Gasteiger partial charge >= 0.3 is 5.97 Å². The Morgan fingerprint density at radius 2 is 1.71 bits per heavy atom. The summed E-state index contributed by atoms with van der Waals surface area (Å²) in [6, 6.07) is 10.4. The average molecular weight is 461 g/mol. The number of alkyl halides is 1. The summed E-state index contributed by atoms with van der Waals surface area (Å²) in [5, 5.41) is 0. The van der Waals surface area contributed by atoms with Gasteiger partial charge in [0, 0.05) is 11.6 Å². The summed E-state index contributed by atoms with van der Waals surface area (Å²) in [4.78, 5) is 11.4. The second-order valence-corrected chi connectivity index (χ2v) is 6.91. The quantitative estimate of drug-likeness (QED) is 0.492. The number of esters is 1. The van der Waals surface area contributed by atoms with E-state index in [0.717, 1.165) is 7.11 Å². The second-order valence-electron chi connectivity index (χ2n) is 5.20. The van der Waals surface area contributed by atoms with Crippen LogP contribution in [-0.4, -0.2) is 19.3 Å². The van der Waals surface area contributed by atoms with Crippen LogP contribution in [0.4, 0.5) is 10.1 Å². The van der Waals surface area contributed by atoms with Gasteiger partial charge in [-0.2, -0.15) is 0 Å². The predicted molar refractivity (Wildman–Crippen MR) is 98.1 cm³/mol. The van der Waals surface area contributed by atoms with Gasteiger partial charge < -0.3 is 15.2 Å². The fraction of sp³-hybridized carbons (Fsp3) is 0.235. The minimum absolute atomic E-state index is 0.546. The molecule has 0 spiro atoms. The Bertz CT molecular complexity index is 714. The van der Waals surface area contributed by atoms with E-state index in [2.05, 4.69) is 36.6 Å². The van der Waals surface area contributed by atoms with Crippen molar-refractivity contribution in [2.45, 2.75) is 19.0 Å². The number of rotatable bonds is 5. The van der Waals surface area contributed by atoms with Crippen LogP contribution in [0, 0.1) is 0 Å². The molecule has 0 saturated heterocycles. The number of halogens is 3. The van der Waals surface area contributed by atoms with E-state index < -0.39 is 18.1 Å². The molecule has 2 N–H and O–H groups in total. The highest BCUT2D eigenvalue weighted by Gasteiger charge is 2.27. The number of anilines is 1. The number of benzene rings is 2. The van der Waals surface area contributed by atoms with Crippen molar-refractivity contribution in [3.63, 3.8) is 0 Å². The summed E-state index contributed by atoms with van der Waals surface area (Å²) in [5.41, 5.74) is 6.93. The van der Waals surface area contributed by atoms with Crippen LogP contribution in [0.5, 0.6) is 11.5 Å². The number of carbonyl (C=O) groups excluding carboxylic acids is 1. The molecule has 2 atom stereocenters. The van der Waals surface area contributed by atoms with Gasteiger partial charge in [0.2, 0.25) is 6.17 Å². The van der Waals surface area contributed by atoms with Crippen molar-refractivity contribution in [2.75, 3.05) is 12.8 Å². The van der Waals surface area contributed by atoms with E-state index in [9.17, 15) is 9.18 Å². The first-order chi connectivity index (χ1) is 11.3. The highest BCUT2D eigenvalue weighted by atomic mass is 79.9. The summed E-state index contributed by atoms with van der Waals surface area (Å²) >= 11 is 6.85. The topological polar surface area (TPSA) is 61.5 Å². The largest absolute Gasteiger partial charge is 0.467 e.